The van der Waals surface area contributed by atoms with Gasteiger partial charge in [-0.3, -0.25) is 9.56 Å². The van der Waals surface area contributed by atoms with Gasteiger partial charge in [0.1, 0.15) is 5.65 Å². The van der Waals surface area contributed by atoms with E-state index < -0.39 is 0 Å². The van der Waals surface area contributed by atoms with E-state index in [0.717, 1.165) is 66.1 Å². The first-order chi connectivity index (χ1) is 22.9. The maximum absolute atomic E-state index is 12.5. The zero-order chi connectivity index (χ0) is 36.5. The summed E-state index contributed by atoms with van der Waals surface area (Å²) >= 11 is 6.62. The highest BCUT2D eigenvalue weighted by atomic mass is 35.5. The van der Waals surface area contributed by atoms with E-state index in [1.165, 1.54) is 16.7 Å². The number of benzene rings is 2. The monoisotopic (exact) mass is 690 g/mol. The number of rotatable bonds is 12. The van der Waals surface area contributed by atoms with Crippen LogP contribution in [0.1, 0.15) is 115 Å². The molecule has 0 unspecified atom stereocenters. The van der Waals surface area contributed by atoms with Crippen LogP contribution in [0, 0.1) is 0 Å². The van der Waals surface area contributed by atoms with Crippen molar-refractivity contribution < 1.29 is 0 Å². The van der Waals surface area contributed by atoms with Crippen molar-refractivity contribution in [1.29, 1.82) is 0 Å². The fourth-order valence-corrected chi connectivity index (χ4v) is 6.06. The molecule has 0 aliphatic rings. The molecule has 0 saturated heterocycles. The summed E-state index contributed by atoms with van der Waals surface area (Å²) in [4.78, 5) is 23.9. The molecular weight excluding hydrogens is 632 g/mol. The SMILES string of the molecule is CC(C)(C)c1cc2cn(-c3ccc(CNCCCN=C(N)N)cc3)c(=O)nc2[nH]1.CC(C)c1cc(CCC[C@H](C)N)cc(C(C)(C)C)c1Cl. The van der Waals surface area contributed by atoms with Crippen LogP contribution in [0.4, 0.5) is 0 Å². The average molecular weight is 691 g/mol. The number of H-pyrrole nitrogens is 1. The van der Waals surface area contributed by atoms with Crippen molar-refractivity contribution in [2.45, 2.75) is 117 Å². The standard InChI is InChI=1S/C21H29N7O.C18H30ClN/c1-21(2,3)17-11-15-13-28(20(29)27-18(15)26-17)16-7-5-14(6-8-16)12-24-9-4-10-25-19(22)23;1-12(2)15-10-14(9-7-8-13(3)20)11-16(17(15)19)18(4,5)6/h5-8,11,13,24H,4,9-10,12H2,1-3H3,(H4,22,23,25)(H,26,27,29);10-13H,7-9,20H2,1-6H3/t;13-/m.0/s1. The smallest absolute Gasteiger partial charge is 0.354 e. The number of hydrogen-bond acceptors (Lipinski definition) is 5. The second-order valence-electron chi connectivity index (χ2n) is 15.5. The number of aliphatic imine (C=N–C) groups is 1. The van der Waals surface area contributed by atoms with Gasteiger partial charge in [0.25, 0.3) is 0 Å². The Kier molecular flexibility index (Phi) is 14.1. The van der Waals surface area contributed by atoms with Crippen LogP contribution in [-0.2, 0) is 23.8 Å². The molecule has 0 bridgehead atoms. The Labute approximate surface area is 298 Å². The molecule has 268 valence electrons. The Balaban J connectivity index is 0.000000286. The van der Waals surface area contributed by atoms with Crippen LogP contribution in [0.25, 0.3) is 16.7 Å². The molecule has 0 spiro atoms. The number of halogens is 1. The van der Waals surface area contributed by atoms with Crippen molar-refractivity contribution in [2.24, 2.45) is 22.2 Å². The third-order valence-corrected chi connectivity index (χ3v) is 8.80. The van der Waals surface area contributed by atoms with Crippen molar-refractivity contribution in [3.63, 3.8) is 0 Å². The summed E-state index contributed by atoms with van der Waals surface area (Å²) < 4.78 is 1.58. The minimum absolute atomic E-state index is 0.0352. The van der Waals surface area contributed by atoms with Crippen LogP contribution in [0.3, 0.4) is 0 Å². The zero-order valence-corrected chi connectivity index (χ0v) is 31.8. The lowest BCUT2D eigenvalue weighted by Crippen LogP contribution is -2.23. The Morgan fingerprint density at radius 1 is 0.980 bits per heavy atom. The van der Waals surface area contributed by atoms with Crippen molar-refractivity contribution in [3.05, 3.63) is 92.1 Å². The Morgan fingerprint density at radius 3 is 2.22 bits per heavy atom. The van der Waals surface area contributed by atoms with E-state index in [9.17, 15) is 4.79 Å². The van der Waals surface area contributed by atoms with Crippen LogP contribution < -0.4 is 28.2 Å². The molecule has 0 radical (unpaired) electrons. The molecule has 4 aromatic rings. The maximum Gasteiger partial charge on any atom is 0.354 e. The number of guanidine groups is 1. The fourth-order valence-electron chi connectivity index (χ4n) is 5.45. The van der Waals surface area contributed by atoms with E-state index in [0.29, 0.717) is 18.1 Å². The van der Waals surface area contributed by atoms with Gasteiger partial charge in [-0.25, -0.2) is 4.79 Å². The number of aryl methyl sites for hydroxylation is 1. The molecule has 10 heteroatoms. The van der Waals surface area contributed by atoms with Gasteiger partial charge in [-0.15, -0.1) is 0 Å². The highest BCUT2D eigenvalue weighted by Crippen LogP contribution is 2.36. The molecule has 0 aliphatic heterocycles. The minimum atomic E-state index is -0.301. The van der Waals surface area contributed by atoms with Gasteiger partial charge in [0.05, 0.1) is 5.69 Å². The number of aromatic nitrogens is 3. The number of fused-ring (bicyclic) bond motifs is 1. The van der Waals surface area contributed by atoms with Gasteiger partial charge in [0, 0.05) is 46.8 Å². The Hall–Kier alpha value is -3.66. The van der Waals surface area contributed by atoms with Crippen molar-refractivity contribution in [3.8, 4) is 5.69 Å². The van der Waals surface area contributed by atoms with Gasteiger partial charge >= 0.3 is 5.69 Å². The third kappa shape index (κ3) is 12.0. The summed E-state index contributed by atoms with van der Waals surface area (Å²) in [6.07, 6.45) is 6.00. The predicted molar refractivity (Wildman–Crippen MR) is 208 cm³/mol. The zero-order valence-electron chi connectivity index (χ0n) is 31.1. The van der Waals surface area contributed by atoms with Crippen LogP contribution in [0.5, 0.6) is 0 Å². The molecule has 8 N–H and O–H groups in total. The van der Waals surface area contributed by atoms with Gasteiger partial charge in [-0.05, 0) is 90.9 Å². The summed E-state index contributed by atoms with van der Waals surface area (Å²) in [6.45, 7) is 21.7. The van der Waals surface area contributed by atoms with E-state index in [1.54, 1.807) is 4.57 Å². The molecule has 0 saturated carbocycles. The molecular formula is C39H59ClN8O. The van der Waals surface area contributed by atoms with E-state index in [2.05, 4.69) is 101 Å². The van der Waals surface area contributed by atoms with Crippen molar-refractivity contribution in [1.82, 2.24) is 19.9 Å². The molecule has 9 nitrogen and oxygen atoms in total. The van der Waals surface area contributed by atoms with Crippen molar-refractivity contribution >= 4 is 28.6 Å². The first kappa shape index (κ1) is 39.8. The normalized spacial score (nSPS) is 12.6. The second-order valence-corrected chi connectivity index (χ2v) is 15.8. The van der Waals surface area contributed by atoms with Crippen LogP contribution >= 0.6 is 11.6 Å². The Morgan fingerprint density at radius 2 is 1.65 bits per heavy atom. The third-order valence-electron chi connectivity index (χ3n) is 8.38. The van der Waals surface area contributed by atoms with Gasteiger partial charge in [0.2, 0.25) is 0 Å². The largest absolute Gasteiger partial charge is 0.370 e. The topological polar surface area (TPSA) is 153 Å². The number of nitrogens with one attached hydrogen (secondary N) is 2. The molecule has 4 rings (SSSR count). The molecule has 2 aromatic carbocycles. The Bertz CT molecular complexity index is 1730. The van der Waals surface area contributed by atoms with Crippen LogP contribution in [-0.4, -0.2) is 39.6 Å². The first-order valence-corrected chi connectivity index (χ1v) is 17.8. The van der Waals surface area contributed by atoms with Gasteiger partial charge < -0.3 is 27.5 Å². The number of nitrogens with zero attached hydrogens (tertiary/aromatic N) is 3. The number of hydrogen-bond donors (Lipinski definition) is 5. The predicted octanol–water partition coefficient (Wildman–Crippen LogP) is 7.20. The molecule has 49 heavy (non-hydrogen) atoms. The molecule has 0 aliphatic carbocycles. The lowest BCUT2D eigenvalue weighted by Gasteiger charge is -2.25. The van der Waals surface area contributed by atoms with Gasteiger partial charge in [-0.1, -0.05) is 91.3 Å². The fraction of sp³-hybridized carbons (Fsp3) is 0.513. The summed E-state index contributed by atoms with van der Waals surface area (Å²) in [5.74, 6) is 0.578. The van der Waals surface area contributed by atoms with Crippen LogP contribution in [0.2, 0.25) is 5.02 Å². The quantitative estimate of drug-likeness (QED) is 0.0602. The molecule has 0 fully saturated rings. The molecule has 2 aromatic heterocycles. The average Bonchev–Trinajstić information content (AvgIpc) is 3.42. The van der Waals surface area contributed by atoms with Crippen molar-refractivity contribution in [2.75, 3.05) is 13.1 Å². The number of aromatic amines is 1. The van der Waals surface area contributed by atoms with E-state index in [1.807, 2.05) is 30.5 Å². The number of nitrogens with two attached hydrogens (primary N) is 3. The molecule has 2 heterocycles. The van der Waals surface area contributed by atoms with E-state index in [-0.39, 0.29) is 28.5 Å². The summed E-state index contributed by atoms with van der Waals surface area (Å²) in [6, 6.07) is 14.8. The van der Waals surface area contributed by atoms with Gasteiger partial charge in [-0.2, -0.15) is 4.98 Å². The van der Waals surface area contributed by atoms with Crippen LogP contribution in [0.15, 0.2) is 58.4 Å². The first-order valence-electron chi connectivity index (χ1n) is 17.4. The van der Waals surface area contributed by atoms with E-state index in [4.69, 9.17) is 28.8 Å². The summed E-state index contributed by atoms with van der Waals surface area (Å²) in [5.41, 5.74) is 23.7. The highest BCUT2D eigenvalue weighted by Gasteiger charge is 2.22. The lowest BCUT2D eigenvalue weighted by molar-refractivity contribution is 0.574. The highest BCUT2D eigenvalue weighted by molar-refractivity contribution is 6.32. The summed E-state index contributed by atoms with van der Waals surface area (Å²) in [5, 5.41) is 5.22. The molecule has 0 amide bonds. The summed E-state index contributed by atoms with van der Waals surface area (Å²) in [7, 11) is 0. The maximum atomic E-state index is 12.5. The van der Waals surface area contributed by atoms with Gasteiger partial charge in [0.15, 0.2) is 5.96 Å². The second kappa shape index (κ2) is 17.3. The minimum Gasteiger partial charge on any atom is -0.370 e. The van der Waals surface area contributed by atoms with E-state index >= 15 is 0 Å². The lowest BCUT2D eigenvalue weighted by atomic mass is 9.83. The molecule has 1 atom stereocenters.